The summed E-state index contributed by atoms with van der Waals surface area (Å²) in [5, 5.41) is 4.56. The lowest BCUT2D eigenvalue weighted by molar-refractivity contribution is 0.361. The number of rotatable bonds is 4. The Morgan fingerprint density at radius 1 is 1.30 bits per heavy atom. The van der Waals surface area contributed by atoms with Crippen LogP contribution in [0.4, 0.5) is 0 Å². The van der Waals surface area contributed by atoms with E-state index in [1.54, 1.807) is 0 Å². The fourth-order valence-electron chi connectivity index (χ4n) is 2.53. The number of nitrogens with zero attached hydrogens (tertiary/aromatic N) is 2. The molecule has 1 aliphatic rings. The molecule has 0 amide bonds. The molecule has 0 aliphatic carbocycles. The van der Waals surface area contributed by atoms with Crippen LogP contribution in [0.3, 0.4) is 0 Å². The fourth-order valence-corrected chi connectivity index (χ4v) is 3.76. The Bertz CT molecular complexity index is 537. The van der Waals surface area contributed by atoms with Crippen molar-refractivity contribution >= 4 is 11.8 Å². The highest BCUT2D eigenvalue weighted by atomic mass is 32.2. The molecule has 20 heavy (non-hydrogen) atoms. The number of aromatic nitrogens is 2. The van der Waals surface area contributed by atoms with Crippen molar-refractivity contribution in [1.82, 2.24) is 10.1 Å². The van der Waals surface area contributed by atoms with Crippen molar-refractivity contribution in [3.8, 4) is 0 Å². The Hall–Kier alpha value is -1.33. The van der Waals surface area contributed by atoms with Gasteiger partial charge >= 0.3 is 0 Å². The maximum Gasteiger partial charge on any atom is 0.235 e. The summed E-state index contributed by atoms with van der Waals surface area (Å²) in [5.74, 6) is 2.65. The first kappa shape index (κ1) is 13.6. The second kappa shape index (κ2) is 6.41. The summed E-state index contributed by atoms with van der Waals surface area (Å²) < 4.78 is 5.47. The minimum atomic E-state index is -0.00830. The van der Waals surface area contributed by atoms with E-state index in [2.05, 4.69) is 22.3 Å². The predicted molar refractivity (Wildman–Crippen MR) is 80.7 cm³/mol. The Labute approximate surface area is 123 Å². The van der Waals surface area contributed by atoms with Crippen LogP contribution in [0.2, 0.25) is 0 Å². The van der Waals surface area contributed by atoms with Crippen molar-refractivity contribution in [3.05, 3.63) is 47.6 Å². The fraction of sp³-hybridized carbons (Fsp3) is 0.467. The molecule has 0 saturated carbocycles. The molecule has 1 fully saturated rings. The van der Waals surface area contributed by atoms with Gasteiger partial charge in [0.2, 0.25) is 5.89 Å². The van der Waals surface area contributed by atoms with Gasteiger partial charge in [-0.3, -0.25) is 0 Å². The Morgan fingerprint density at radius 3 is 2.85 bits per heavy atom. The van der Waals surface area contributed by atoms with Crippen LogP contribution in [-0.2, 0) is 0 Å². The monoisotopic (exact) mass is 289 g/mol. The third-order valence-electron chi connectivity index (χ3n) is 3.66. The molecule has 0 spiro atoms. The van der Waals surface area contributed by atoms with Crippen LogP contribution in [0.5, 0.6) is 0 Å². The minimum absolute atomic E-state index is 0.00830. The number of thioether (sulfide) groups is 1. The molecule has 0 radical (unpaired) electrons. The number of hydrogen-bond donors (Lipinski definition) is 1. The normalized spacial score (nSPS) is 20.8. The molecular weight excluding hydrogens is 270 g/mol. The van der Waals surface area contributed by atoms with Crippen molar-refractivity contribution in [2.75, 3.05) is 12.3 Å². The van der Waals surface area contributed by atoms with Gasteiger partial charge < -0.3 is 10.3 Å². The topological polar surface area (TPSA) is 64.9 Å². The lowest BCUT2D eigenvalue weighted by Gasteiger charge is -2.17. The summed E-state index contributed by atoms with van der Waals surface area (Å²) in [7, 11) is 0. The summed E-state index contributed by atoms with van der Waals surface area (Å²) in [4.78, 5) is 4.60. The molecule has 1 aromatic carbocycles. The van der Waals surface area contributed by atoms with Gasteiger partial charge in [0, 0.05) is 6.54 Å². The largest absolute Gasteiger partial charge is 0.339 e. The zero-order valence-electron chi connectivity index (χ0n) is 11.4. The molecule has 5 heteroatoms. The van der Waals surface area contributed by atoms with Crippen molar-refractivity contribution in [2.45, 2.75) is 30.4 Å². The van der Waals surface area contributed by atoms with Crippen molar-refractivity contribution in [3.63, 3.8) is 0 Å². The molecule has 2 atom stereocenters. The van der Waals surface area contributed by atoms with E-state index in [1.807, 2.05) is 30.0 Å². The third-order valence-corrected chi connectivity index (χ3v) is 5.03. The highest BCUT2D eigenvalue weighted by Crippen LogP contribution is 2.37. The van der Waals surface area contributed by atoms with Crippen LogP contribution in [0.25, 0.3) is 0 Å². The Balaban J connectivity index is 1.81. The number of hydrogen-bond acceptors (Lipinski definition) is 5. The maximum absolute atomic E-state index is 5.89. The van der Waals surface area contributed by atoms with E-state index in [-0.39, 0.29) is 5.92 Å². The summed E-state index contributed by atoms with van der Waals surface area (Å²) >= 11 is 1.93. The number of benzene rings is 1. The first-order valence-electron chi connectivity index (χ1n) is 7.08. The van der Waals surface area contributed by atoms with Crippen molar-refractivity contribution in [2.24, 2.45) is 5.73 Å². The van der Waals surface area contributed by atoms with Crippen LogP contribution in [0.1, 0.15) is 47.7 Å². The van der Waals surface area contributed by atoms with Gasteiger partial charge in [-0.1, -0.05) is 41.9 Å². The minimum Gasteiger partial charge on any atom is -0.339 e. The molecular formula is C15H19N3OS. The van der Waals surface area contributed by atoms with Gasteiger partial charge in [0.25, 0.3) is 0 Å². The third kappa shape index (κ3) is 2.88. The van der Waals surface area contributed by atoms with E-state index in [1.165, 1.54) is 18.6 Å². The van der Waals surface area contributed by atoms with E-state index < -0.39 is 0 Å². The maximum atomic E-state index is 5.89. The zero-order valence-corrected chi connectivity index (χ0v) is 12.2. The quantitative estimate of drug-likeness (QED) is 0.936. The molecule has 0 bridgehead atoms. The molecule has 2 heterocycles. The molecule has 1 aliphatic heterocycles. The van der Waals surface area contributed by atoms with E-state index >= 15 is 0 Å². The van der Waals surface area contributed by atoms with Gasteiger partial charge in [0.15, 0.2) is 5.82 Å². The lowest BCUT2D eigenvalue weighted by Crippen LogP contribution is -2.14. The van der Waals surface area contributed by atoms with Gasteiger partial charge in [0.1, 0.15) is 0 Å². The summed E-state index contributed by atoms with van der Waals surface area (Å²) in [6.07, 6.45) is 3.68. The summed E-state index contributed by atoms with van der Waals surface area (Å²) in [5.41, 5.74) is 7.02. The molecule has 106 valence electrons. The van der Waals surface area contributed by atoms with E-state index in [4.69, 9.17) is 10.3 Å². The first-order valence-corrected chi connectivity index (χ1v) is 8.13. The highest BCUT2D eigenvalue weighted by Gasteiger charge is 2.25. The van der Waals surface area contributed by atoms with E-state index in [0.717, 1.165) is 17.8 Å². The SMILES string of the molecule is NCC(c1ccccc1)c1nc(C2CCCCS2)no1. The smallest absolute Gasteiger partial charge is 0.235 e. The lowest BCUT2D eigenvalue weighted by atomic mass is 9.99. The Kier molecular flexibility index (Phi) is 4.38. The second-order valence-corrected chi connectivity index (χ2v) is 6.36. The van der Waals surface area contributed by atoms with Gasteiger partial charge in [0.05, 0.1) is 11.2 Å². The molecule has 4 nitrogen and oxygen atoms in total. The molecule has 2 N–H and O–H groups in total. The summed E-state index contributed by atoms with van der Waals surface area (Å²) in [6, 6.07) is 10.1. The van der Waals surface area contributed by atoms with Crippen LogP contribution in [-0.4, -0.2) is 22.4 Å². The van der Waals surface area contributed by atoms with Crippen LogP contribution in [0, 0.1) is 0 Å². The first-order chi connectivity index (χ1) is 9.88. The highest BCUT2D eigenvalue weighted by molar-refractivity contribution is 7.99. The molecule has 2 aromatic rings. The van der Waals surface area contributed by atoms with Crippen LogP contribution < -0.4 is 5.73 Å². The van der Waals surface area contributed by atoms with Gasteiger partial charge in [-0.15, -0.1) is 0 Å². The molecule has 3 rings (SSSR count). The Morgan fingerprint density at radius 2 is 2.15 bits per heavy atom. The molecule has 2 unspecified atom stereocenters. The average Bonchev–Trinajstić information content (AvgIpc) is 3.00. The molecule has 1 aromatic heterocycles. The average molecular weight is 289 g/mol. The van der Waals surface area contributed by atoms with Gasteiger partial charge in [-0.2, -0.15) is 16.7 Å². The van der Waals surface area contributed by atoms with Gasteiger partial charge in [-0.25, -0.2) is 0 Å². The standard InChI is InChI=1S/C15H19N3OS/c16-10-12(11-6-2-1-3-7-11)15-17-14(18-19-15)13-8-4-5-9-20-13/h1-3,6-7,12-13H,4-5,8-10,16H2. The second-order valence-electron chi connectivity index (χ2n) is 5.05. The predicted octanol–water partition coefficient (Wildman–Crippen LogP) is 3.12. The van der Waals surface area contributed by atoms with E-state index in [9.17, 15) is 0 Å². The van der Waals surface area contributed by atoms with Crippen molar-refractivity contribution < 1.29 is 4.52 Å². The van der Waals surface area contributed by atoms with Gasteiger partial charge in [-0.05, 0) is 24.2 Å². The van der Waals surface area contributed by atoms with Crippen LogP contribution >= 0.6 is 11.8 Å². The molecule has 1 saturated heterocycles. The summed E-state index contributed by atoms with van der Waals surface area (Å²) in [6.45, 7) is 0.476. The van der Waals surface area contributed by atoms with Crippen molar-refractivity contribution in [1.29, 1.82) is 0 Å². The van der Waals surface area contributed by atoms with Crippen LogP contribution in [0.15, 0.2) is 34.9 Å². The number of nitrogens with two attached hydrogens (primary N) is 1. The zero-order chi connectivity index (χ0) is 13.8. The van der Waals surface area contributed by atoms with E-state index in [0.29, 0.717) is 17.7 Å².